The second-order valence-corrected chi connectivity index (χ2v) is 6.81. The number of rotatable bonds is 3. The summed E-state index contributed by atoms with van der Waals surface area (Å²) in [5.74, 6) is -0.253. The molecule has 1 N–H and O–H groups in total. The highest BCUT2D eigenvalue weighted by molar-refractivity contribution is 5.91. The predicted octanol–water partition coefficient (Wildman–Crippen LogP) is 3.21. The molecule has 0 atom stereocenters. The van der Waals surface area contributed by atoms with Crippen LogP contribution in [-0.2, 0) is 11.3 Å². The van der Waals surface area contributed by atoms with Crippen LogP contribution in [0.1, 0.15) is 16.8 Å². The van der Waals surface area contributed by atoms with Gasteiger partial charge in [0.05, 0.1) is 16.6 Å². The minimum atomic E-state index is -0.253. The Hall–Kier alpha value is -3.41. The number of para-hydroxylation sites is 1. The second kappa shape index (κ2) is 6.39. The highest BCUT2D eigenvalue weighted by atomic mass is 16.2. The van der Waals surface area contributed by atoms with Gasteiger partial charge in [0.1, 0.15) is 12.2 Å². The molecule has 0 saturated carbocycles. The van der Waals surface area contributed by atoms with Crippen molar-refractivity contribution in [1.29, 1.82) is 0 Å². The van der Waals surface area contributed by atoms with Gasteiger partial charge in [-0.15, -0.1) is 0 Å². The van der Waals surface area contributed by atoms with Gasteiger partial charge in [0.15, 0.2) is 0 Å². The number of benzene rings is 2. The average molecular weight is 360 g/mol. The van der Waals surface area contributed by atoms with Crippen molar-refractivity contribution in [1.82, 2.24) is 14.2 Å². The van der Waals surface area contributed by atoms with E-state index in [1.807, 2.05) is 63.2 Å². The molecule has 0 saturated heterocycles. The predicted molar refractivity (Wildman–Crippen MR) is 106 cm³/mol. The van der Waals surface area contributed by atoms with Crippen LogP contribution in [0.3, 0.4) is 0 Å². The largest absolute Gasteiger partial charge is 0.325 e. The van der Waals surface area contributed by atoms with Gasteiger partial charge >= 0.3 is 0 Å². The minimum absolute atomic E-state index is 0.0781. The number of amides is 1. The summed E-state index contributed by atoms with van der Waals surface area (Å²) in [4.78, 5) is 25.6. The summed E-state index contributed by atoms with van der Waals surface area (Å²) in [7, 11) is 0. The Morgan fingerprint density at radius 2 is 1.81 bits per heavy atom. The zero-order valence-electron chi connectivity index (χ0n) is 15.5. The summed E-state index contributed by atoms with van der Waals surface area (Å²) in [6.07, 6.45) is 0. The minimum Gasteiger partial charge on any atom is -0.325 e. The molecule has 0 spiro atoms. The first-order valence-electron chi connectivity index (χ1n) is 8.79. The highest BCUT2D eigenvalue weighted by Crippen LogP contribution is 2.16. The van der Waals surface area contributed by atoms with Crippen LogP contribution in [0.2, 0.25) is 0 Å². The van der Waals surface area contributed by atoms with E-state index in [1.54, 1.807) is 10.6 Å². The van der Waals surface area contributed by atoms with Crippen molar-refractivity contribution in [3.8, 4) is 0 Å². The van der Waals surface area contributed by atoms with Crippen molar-refractivity contribution in [3.63, 3.8) is 0 Å². The van der Waals surface area contributed by atoms with Gasteiger partial charge in [-0.25, -0.2) is 4.52 Å². The number of carbonyl (C=O) groups excluding carboxylic acids is 1. The van der Waals surface area contributed by atoms with Gasteiger partial charge in [0.25, 0.3) is 5.56 Å². The van der Waals surface area contributed by atoms with Crippen molar-refractivity contribution in [2.45, 2.75) is 27.3 Å². The molecule has 2 heterocycles. The van der Waals surface area contributed by atoms with Gasteiger partial charge in [0.2, 0.25) is 5.91 Å². The van der Waals surface area contributed by atoms with Crippen LogP contribution in [0.15, 0.2) is 53.3 Å². The number of aryl methyl sites for hydroxylation is 3. The van der Waals surface area contributed by atoms with E-state index >= 15 is 0 Å². The second-order valence-electron chi connectivity index (χ2n) is 6.81. The van der Waals surface area contributed by atoms with E-state index in [1.165, 1.54) is 4.57 Å². The average Bonchev–Trinajstić information content (AvgIpc) is 3.03. The molecule has 0 radical (unpaired) electrons. The lowest BCUT2D eigenvalue weighted by Crippen LogP contribution is -2.29. The van der Waals surface area contributed by atoms with Crippen molar-refractivity contribution in [3.05, 3.63) is 75.7 Å². The molecule has 0 aliphatic carbocycles. The van der Waals surface area contributed by atoms with Crippen molar-refractivity contribution < 1.29 is 4.79 Å². The first kappa shape index (κ1) is 17.0. The fourth-order valence-electron chi connectivity index (χ4n) is 3.26. The van der Waals surface area contributed by atoms with Crippen LogP contribution >= 0.6 is 0 Å². The summed E-state index contributed by atoms with van der Waals surface area (Å²) in [6, 6.07) is 14.9. The molecule has 4 rings (SSSR count). The summed E-state index contributed by atoms with van der Waals surface area (Å²) in [6.45, 7) is 5.81. The molecule has 0 aliphatic heterocycles. The van der Waals surface area contributed by atoms with E-state index in [9.17, 15) is 9.59 Å². The molecule has 2 aromatic heterocycles. The van der Waals surface area contributed by atoms with Crippen LogP contribution in [0.4, 0.5) is 5.69 Å². The maximum atomic E-state index is 13.0. The van der Waals surface area contributed by atoms with Gasteiger partial charge in [0, 0.05) is 11.8 Å². The Balaban J connectivity index is 1.76. The molecule has 0 fully saturated rings. The van der Waals surface area contributed by atoms with Crippen LogP contribution in [-0.4, -0.2) is 20.1 Å². The Bertz CT molecular complexity index is 1250. The first-order chi connectivity index (χ1) is 12.9. The van der Waals surface area contributed by atoms with Crippen molar-refractivity contribution in [2.75, 3.05) is 5.32 Å². The Labute approximate surface area is 156 Å². The number of aromatic nitrogens is 3. The number of fused-ring (bicyclic) bond motifs is 3. The van der Waals surface area contributed by atoms with Gasteiger partial charge in [-0.2, -0.15) is 5.10 Å². The van der Waals surface area contributed by atoms with Crippen molar-refractivity contribution >= 4 is 28.1 Å². The van der Waals surface area contributed by atoms with Gasteiger partial charge in [-0.3, -0.25) is 14.2 Å². The third kappa shape index (κ3) is 2.99. The third-order valence-electron chi connectivity index (χ3n) is 4.79. The van der Waals surface area contributed by atoms with E-state index in [2.05, 4.69) is 10.4 Å². The maximum absolute atomic E-state index is 13.0. The monoisotopic (exact) mass is 360 g/mol. The van der Waals surface area contributed by atoms with Crippen LogP contribution in [0.25, 0.3) is 16.6 Å². The lowest BCUT2D eigenvalue weighted by Gasteiger charge is -2.12. The SMILES string of the molecule is Cc1cc2n(CC(=O)Nc3ccc(C)c(C)c3)c(=O)c3ccccc3n2n1. The van der Waals surface area contributed by atoms with E-state index in [0.29, 0.717) is 11.0 Å². The number of hydrogen-bond acceptors (Lipinski definition) is 3. The fraction of sp³-hybridized carbons (Fsp3) is 0.190. The molecule has 1 amide bonds. The van der Waals surface area contributed by atoms with E-state index in [-0.39, 0.29) is 18.0 Å². The van der Waals surface area contributed by atoms with Crippen LogP contribution in [0.5, 0.6) is 0 Å². The number of nitrogens with zero attached hydrogens (tertiary/aromatic N) is 3. The Kier molecular flexibility index (Phi) is 4.03. The van der Waals surface area contributed by atoms with E-state index in [4.69, 9.17) is 0 Å². The topological polar surface area (TPSA) is 68.4 Å². The smallest absolute Gasteiger partial charge is 0.262 e. The zero-order chi connectivity index (χ0) is 19.1. The van der Waals surface area contributed by atoms with Crippen LogP contribution in [0, 0.1) is 20.8 Å². The molecule has 6 heteroatoms. The Morgan fingerprint density at radius 3 is 2.59 bits per heavy atom. The molecule has 27 heavy (non-hydrogen) atoms. The van der Waals surface area contributed by atoms with Crippen LogP contribution < -0.4 is 10.9 Å². The highest BCUT2D eigenvalue weighted by Gasteiger charge is 2.15. The standard InChI is InChI=1S/C21H20N4O2/c1-13-8-9-16(10-14(13)2)22-19(26)12-24-20-11-15(3)23-25(20)18-7-5-4-6-17(18)21(24)27/h4-11H,12H2,1-3H3,(H,22,26). The summed E-state index contributed by atoms with van der Waals surface area (Å²) < 4.78 is 3.19. The normalized spacial score (nSPS) is 11.2. The molecule has 0 aliphatic rings. The number of nitrogens with one attached hydrogen (secondary N) is 1. The number of anilines is 1. The first-order valence-corrected chi connectivity index (χ1v) is 8.79. The summed E-state index contributed by atoms with van der Waals surface area (Å²) in [5.41, 5.74) is 4.91. The molecule has 136 valence electrons. The van der Waals surface area contributed by atoms with E-state index < -0.39 is 0 Å². The van der Waals surface area contributed by atoms with Gasteiger partial charge in [-0.05, 0) is 56.2 Å². The lowest BCUT2D eigenvalue weighted by atomic mass is 10.1. The molecule has 0 unspecified atom stereocenters. The van der Waals surface area contributed by atoms with Crippen molar-refractivity contribution in [2.24, 2.45) is 0 Å². The number of hydrogen-bond donors (Lipinski definition) is 1. The molecule has 6 nitrogen and oxygen atoms in total. The maximum Gasteiger partial charge on any atom is 0.262 e. The molecule has 0 bridgehead atoms. The van der Waals surface area contributed by atoms with Gasteiger partial charge < -0.3 is 5.32 Å². The summed E-state index contributed by atoms with van der Waals surface area (Å²) in [5, 5.41) is 7.89. The molecular formula is C21H20N4O2. The third-order valence-corrected chi connectivity index (χ3v) is 4.79. The Morgan fingerprint density at radius 1 is 1.04 bits per heavy atom. The van der Waals surface area contributed by atoms with Gasteiger partial charge in [-0.1, -0.05) is 18.2 Å². The number of carbonyl (C=O) groups is 1. The molecular weight excluding hydrogens is 340 g/mol. The molecule has 4 aromatic rings. The quantitative estimate of drug-likeness (QED) is 0.610. The fourth-order valence-corrected chi connectivity index (χ4v) is 3.26. The zero-order valence-corrected chi connectivity index (χ0v) is 15.5. The molecule has 2 aromatic carbocycles. The summed E-state index contributed by atoms with van der Waals surface area (Å²) >= 11 is 0. The lowest BCUT2D eigenvalue weighted by molar-refractivity contribution is -0.116. The van der Waals surface area contributed by atoms with E-state index in [0.717, 1.165) is 28.0 Å².